The maximum Gasteiger partial charge on any atom is 0.0716 e. The van der Waals surface area contributed by atoms with Crippen molar-refractivity contribution in [1.29, 1.82) is 0 Å². The Balaban J connectivity index is 2.44. The Hall–Kier alpha value is -1.06. The van der Waals surface area contributed by atoms with Crippen LogP contribution in [0.25, 0.3) is 0 Å². The Morgan fingerprint density at radius 3 is 2.50 bits per heavy atom. The molecule has 0 aromatic heterocycles. The molecule has 0 radical (unpaired) electrons. The summed E-state index contributed by atoms with van der Waals surface area (Å²) in [6, 6.07) is 8.62. The van der Waals surface area contributed by atoms with Crippen LogP contribution < -0.4 is 5.32 Å². The Labute approximate surface area is 97.8 Å². The second-order valence-electron chi connectivity index (χ2n) is 3.83. The molecule has 0 heterocycles. The molecule has 1 atom stereocenters. The summed E-state index contributed by atoms with van der Waals surface area (Å²) in [5, 5.41) is 3.36. The minimum absolute atomic E-state index is 0.322. The van der Waals surface area contributed by atoms with Crippen LogP contribution in [0.4, 0.5) is 5.69 Å². The molecule has 0 spiro atoms. The van der Waals surface area contributed by atoms with Crippen molar-refractivity contribution in [3.8, 4) is 0 Å². The molecule has 1 N–H and O–H groups in total. The second-order valence-corrected chi connectivity index (χ2v) is 3.83. The second kappa shape index (κ2) is 7.25. The lowest BCUT2D eigenvalue weighted by Gasteiger charge is -2.14. The monoisotopic (exact) mass is 223 g/mol. The molecule has 1 rings (SSSR count). The van der Waals surface area contributed by atoms with Crippen molar-refractivity contribution in [2.24, 2.45) is 0 Å². The van der Waals surface area contributed by atoms with Crippen LogP contribution in [0.2, 0.25) is 0 Å². The zero-order valence-electron chi connectivity index (χ0n) is 10.3. The Morgan fingerprint density at radius 2 is 1.94 bits per heavy atom. The first-order valence-corrected chi connectivity index (χ1v) is 5.68. The first-order valence-electron chi connectivity index (χ1n) is 5.68. The largest absolute Gasteiger partial charge is 0.383 e. The molecule has 16 heavy (non-hydrogen) atoms. The normalized spacial score (nSPS) is 12.4. The standard InChI is InChI=1S/C13H21NO2/c1-4-16-10-12-5-7-13(8-6-12)14-11(2)9-15-3/h5-8,11,14H,4,9-10H2,1-3H3. The molecular weight excluding hydrogens is 202 g/mol. The van der Waals surface area contributed by atoms with Crippen molar-refractivity contribution >= 4 is 5.69 Å². The van der Waals surface area contributed by atoms with E-state index >= 15 is 0 Å². The van der Waals surface area contributed by atoms with E-state index in [9.17, 15) is 0 Å². The van der Waals surface area contributed by atoms with Gasteiger partial charge in [-0.05, 0) is 31.5 Å². The molecule has 90 valence electrons. The fraction of sp³-hybridized carbons (Fsp3) is 0.538. The van der Waals surface area contributed by atoms with Gasteiger partial charge in [0.15, 0.2) is 0 Å². The lowest BCUT2D eigenvalue weighted by molar-refractivity contribution is 0.134. The summed E-state index contributed by atoms with van der Waals surface area (Å²) < 4.78 is 10.4. The maximum absolute atomic E-state index is 5.34. The van der Waals surface area contributed by atoms with Crippen LogP contribution >= 0.6 is 0 Å². The van der Waals surface area contributed by atoms with Gasteiger partial charge >= 0.3 is 0 Å². The summed E-state index contributed by atoms with van der Waals surface area (Å²) in [5.74, 6) is 0. The van der Waals surface area contributed by atoms with Crippen molar-refractivity contribution in [3.63, 3.8) is 0 Å². The Morgan fingerprint density at radius 1 is 1.25 bits per heavy atom. The predicted octanol–water partition coefficient (Wildman–Crippen LogP) is 2.67. The SMILES string of the molecule is CCOCc1ccc(NC(C)COC)cc1. The molecule has 0 aliphatic heterocycles. The third-order valence-electron chi connectivity index (χ3n) is 2.26. The molecule has 0 amide bonds. The topological polar surface area (TPSA) is 30.5 Å². The summed E-state index contributed by atoms with van der Waals surface area (Å²) in [7, 11) is 1.71. The molecule has 0 fully saturated rings. The number of benzene rings is 1. The van der Waals surface area contributed by atoms with Crippen LogP contribution in [0, 0.1) is 0 Å². The van der Waals surface area contributed by atoms with Gasteiger partial charge in [0.25, 0.3) is 0 Å². The number of methoxy groups -OCH3 is 1. The van der Waals surface area contributed by atoms with Crippen LogP contribution in [0.15, 0.2) is 24.3 Å². The van der Waals surface area contributed by atoms with Crippen molar-refractivity contribution < 1.29 is 9.47 Å². The molecular formula is C13H21NO2. The van der Waals surface area contributed by atoms with Crippen LogP contribution in [-0.4, -0.2) is 26.4 Å². The molecule has 0 bridgehead atoms. The third kappa shape index (κ3) is 4.64. The van der Waals surface area contributed by atoms with Gasteiger partial charge in [-0.2, -0.15) is 0 Å². The van der Waals surface area contributed by atoms with Gasteiger partial charge in [0, 0.05) is 25.4 Å². The molecule has 0 saturated carbocycles. The van der Waals surface area contributed by atoms with Gasteiger partial charge in [0.1, 0.15) is 0 Å². The molecule has 1 unspecified atom stereocenters. The predicted molar refractivity (Wildman–Crippen MR) is 66.7 cm³/mol. The zero-order valence-corrected chi connectivity index (χ0v) is 10.3. The van der Waals surface area contributed by atoms with Gasteiger partial charge in [-0.25, -0.2) is 0 Å². The highest BCUT2D eigenvalue weighted by Crippen LogP contribution is 2.11. The lowest BCUT2D eigenvalue weighted by Crippen LogP contribution is -2.20. The van der Waals surface area contributed by atoms with Gasteiger partial charge in [-0.1, -0.05) is 12.1 Å². The number of anilines is 1. The quantitative estimate of drug-likeness (QED) is 0.771. The molecule has 0 saturated heterocycles. The van der Waals surface area contributed by atoms with E-state index in [0.717, 1.165) is 12.3 Å². The van der Waals surface area contributed by atoms with E-state index in [-0.39, 0.29) is 0 Å². The van der Waals surface area contributed by atoms with E-state index in [4.69, 9.17) is 9.47 Å². The van der Waals surface area contributed by atoms with E-state index < -0.39 is 0 Å². The summed E-state index contributed by atoms with van der Waals surface area (Å²) in [4.78, 5) is 0. The molecule has 1 aromatic carbocycles. The van der Waals surface area contributed by atoms with Crippen molar-refractivity contribution in [1.82, 2.24) is 0 Å². The van der Waals surface area contributed by atoms with Crippen LogP contribution in [0.5, 0.6) is 0 Å². The van der Waals surface area contributed by atoms with Gasteiger partial charge in [0.2, 0.25) is 0 Å². The maximum atomic E-state index is 5.34. The molecule has 3 nitrogen and oxygen atoms in total. The number of nitrogens with one attached hydrogen (secondary N) is 1. The first kappa shape index (κ1) is 13.0. The summed E-state index contributed by atoms with van der Waals surface area (Å²) >= 11 is 0. The molecule has 1 aromatic rings. The van der Waals surface area contributed by atoms with E-state index in [0.29, 0.717) is 19.3 Å². The van der Waals surface area contributed by atoms with Crippen LogP contribution in [0.1, 0.15) is 19.4 Å². The highest BCUT2D eigenvalue weighted by atomic mass is 16.5. The van der Waals surface area contributed by atoms with Gasteiger partial charge in [0.05, 0.1) is 13.2 Å². The first-order chi connectivity index (χ1) is 7.76. The van der Waals surface area contributed by atoms with E-state index in [2.05, 4.69) is 36.5 Å². The fourth-order valence-corrected chi connectivity index (χ4v) is 1.49. The number of hydrogen-bond acceptors (Lipinski definition) is 3. The third-order valence-corrected chi connectivity index (χ3v) is 2.26. The van der Waals surface area contributed by atoms with Gasteiger partial charge in [-0.15, -0.1) is 0 Å². The minimum Gasteiger partial charge on any atom is -0.383 e. The highest BCUT2D eigenvalue weighted by molar-refractivity contribution is 5.45. The average Bonchev–Trinajstić information content (AvgIpc) is 2.28. The smallest absolute Gasteiger partial charge is 0.0716 e. The minimum atomic E-state index is 0.322. The van der Waals surface area contributed by atoms with E-state index in [1.807, 2.05) is 6.92 Å². The molecule has 0 aliphatic carbocycles. The number of ether oxygens (including phenoxy) is 2. The summed E-state index contributed by atoms with van der Waals surface area (Å²) in [6.07, 6.45) is 0. The van der Waals surface area contributed by atoms with E-state index in [1.54, 1.807) is 7.11 Å². The van der Waals surface area contributed by atoms with Gasteiger partial charge in [-0.3, -0.25) is 0 Å². The zero-order chi connectivity index (χ0) is 11.8. The highest BCUT2D eigenvalue weighted by Gasteiger charge is 2.00. The summed E-state index contributed by atoms with van der Waals surface area (Å²) in [5.41, 5.74) is 2.32. The fourth-order valence-electron chi connectivity index (χ4n) is 1.49. The Bertz CT molecular complexity index is 284. The molecule has 3 heteroatoms. The number of rotatable bonds is 7. The van der Waals surface area contributed by atoms with Crippen molar-refractivity contribution in [3.05, 3.63) is 29.8 Å². The molecule has 0 aliphatic rings. The lowest BCUT2D eigenvalue weighted by atomic mass is 10.2. The van der Waals surface area contributed by atoms with E-state index in [1.165, 1.54) is 5.56 Å². The number of hydrogen-bond donors (Lipinski definition) is 1. The van der Waals surface area contributed by atoms with Crippen molar-refractivity contribution in [2.75, 3.05) is 25.6 Å². The van der Waals surface area contributed by atoms with Crippen molar-refractivity contribution in [2.45, 2.75) is 26.5 Å². The van der Waals surface area contributed by atoms with Crippen LogP contribution in [0.3, 0.4) is 0 Å². The van der Waals surface area contributed by atoms with Crippen LogP contribution in [-0.2, 0) is 16.1 Å². The van der Waals surface area contributed by atoms with Gasteiger partial charge < -0.3 is 14.8 Å². The summed E-state index contributed by atoms with van der Waals surface area (Å²) in [6.45, 7) is 6.25. The average molecular weight is 223 g/mol. The Kier molecular flexibility index (Phi) is 5.90.